The maximum Gasteiger partial charge on any atom is 0 e. The van der Waals surface area contributed by atoms with Gasteiger partial charge >= 0.3 is 0 Å². The van der Waals surface area contributed by atoms with Crippen LogP contribution in [0.4, 0.5) is 0 Å². The fourth-order valence-corrected chi connectivity index (χ4v) is 0. The smallest absolute Gasteiger partial charge is 0 e. The molecule has 0 fully saturated rings. The zero-order chi connectivity index (χ0) is 0. The zero-order valence-electron chi connectivity index (χ0n) is 2.05. The zero-order valence-corrected chi connectivity index (χ0v) is 11.6. The first-order chi connectivity index (χ1) is 0. The van der Waals surface area contributed by atoms with Crippen LogP contribution >= 0.6 is 0 Å². The third kappa shape index (κ3) is 9.26. The van der Waals surface area contributed by atoms with E-state index in [4.69, 9.17) is 0 Å². The molecule has 0 bridgehead atoms. The first-order valence-corrected chi connectivity index (χ1v) is 0. The van der Waals surface area contributed by atoms with Crippen molar-refractivity contribution in [3.8, 4) is 0 Å². The Bertz CT molecular complexity index is 3.25. The van der Waals surface area contributed by atoms with Crippen LogP contribution in [0.1, 0.15) is 0 Å². The van der Waals surface area contributed by atoms with E-state index in [0.717, 1.165) is 0 Å². The summed E-state index contributed by atoms with van der Waals surface area (Å²) in [7, 11) is 0. The van der Waals surface area contributed by atoms with Crippen LogP contribution in [0.15, 0.2) is 0 Å². The Morgan fingerprint density at radius 2 is 0.500 bits per heavy atom. The van der Waals surface area contributed by atoms with Gasteiger partial charge in [-0.15, -0.1) is 0 Å². The quantitative estimate of drug-likeness (QED) is 0.550. The van der Waals surface area contributed by atoms with Gasteiger partial charge in [0, 0.05) is 115 Å². The molecular weight excluding hydrogens is 325 g/mol. The molecule has 0 aliphatic rings. The molecule has 0 aliphatic carbocycles. The average molecular weight is 325 g/mol. The summed E-state index contributed by atoms with van der Waals surface area (Å²) in [4.78, 5) is 0. The van der Waals surface area contributed by atoms with Crippen molar-refractivity contribution in [3.63, 3.8) is 0 Å². The molecule has 0 saturated carbocycles. The van der Waals surface area contributed by atoms with Gasteiger partial charge in [-0.25, -0.2) is 0 Å². The minimum absolute atomic E-state index is 0. The molecule has 0 aromatic heterocycles. The molecule has 0 nitrogen and oxygen atoms in total. The molecular formula is NiY3. The summed E-state index contributed by atoms with van der Waals surface area (Å²) in [5.41, 5.74) is 0. The van der Waals surface area contributed by atoms with Crippen molar-refractivity contribution in [2.45, 2.75) is 0 Å². The summed E-state index contributed by atoms with van der Waals surface area (Å²) in [5.74, 6) is 0. The van der Waals surface area contributed by atoms with E-state index in [2.05, 4.69) is 0 Å². The van der Waals surface area contributed by atoms with Gasteiger partial charge in [-0.05, 0) is 0 Å². The molecule has 4 heteroatoms. The van der Waals surface area contributed by atoms with Gasteiger partial charge in [0.25, 0.3) is 0 Å². The SMILES string of the molecule is [Ni].[Y].[Y].[Y]. The number of hydrogen-bond acceptors (Lipinski definition) is 0. The molecule has 4 heavy (non-hydrogen) atoms. The molecule has 0 aliphatic heterocycles. The normalized spacial score (nSPS) is 0. The van der Waals surface area contributed by atoms with Gasteiger partial charge in [0.2, 0.25) is 0 Å². The average Bonchev–Trinajstić information content (AvgIpc) is 0. The van der Waals surface area contributed by atoms with E-state index in [-0.39, 0.29) is 115 Å². The van der Waals surface area contributed by atoms with E-state index in [1.165, 1.54) is 0 Å². The van der Waals surface area contributed by atoms with Gasteiger partial charge in [-0.2, -0.15) is 0 Å². The van der Waals surface area contributed by atoms with Crippen molar-refractivity contribution in [2.75, 3.05) is 0 Å². The molecule has 0 aromatic rings. The van der Waals surface area contributed by atoms with E-state index in [1.807, 2.05) is 0 Å². The Morgan fingerprint density at radius 3 is 0.500 bits per heavy atom. The van der Waals surface area contributed by atoms with Crippen molar-refractivity contribution >= 4 is 0 Å². The Balaban J connectivity index is 0. The van der Waals surface area contributed by atoms with Crippen LogP contribution in [0.2, 0.25) is 0 Å². The monoisotopic (exact) mass is 325 g/mol. The molecule has 0 N–H and O–H groups in total. The van der Waals surface area contributed by atoms with Crippen LogP contribution in [0, 0.1) is 0 Å². The van der Waals surface area contributed by atoms with E-state index in [0.29, 0.717) is 0 Å². The number of hydrogen-bond donors (Lipinski definition) is 0. The predicted octanol–water partition coefficient (Wildman–Crippen LogP) is -0.0100. The number of rotatable bonds is 0. The summed E-state index contributed by atoms with van der Waals surface area (Å²) in [6.45, 7) is 0. The fourth-order valence-electron chi connectivity index (χ4n) is 0. The second kappa shape index (κ2) is 15.8. The summed E-state index contributed by atoms with van der Waals surface area (Å²) in [6.07, 6.45) is 0. The first-order valence-electron chi connectivity index (χ1n) is 0. The van der Waals surface area contributed by atoms with Crippen LogP contribution in [0.3, 0.4) is 0 Å². The first kappa shape index (κ1) is 25.0. The largest absolute Gasteiger partial charge is 0 e. The summed E-state index contributed by atoms with van der Waals surface area (Å²) in [6, 6.07) is 0. The second-order valence-corrected chi connectivity index (χ2v) is 0. The Labute approximate surface area is 112 Å². The Kier molecular flexibility index (Phi) is 98.8. The van der Waals surface area contributed by atoms with Gasteiger partial charge in [-0.1, -0.05) is 0 Å². The van der Waals surface area contributed by atoms with Gasteiger partial charge in [0.15, 0.2) is 0 Å². The molecule has 3 radical (unpaired) electrons. The fraction of sp³-hybridized carbons (Fsp3) is 0. The van der Waals surface area contributed by atoms with Crippen molar-refractivity contribution in [3.05, 3.63) is 0 Å². The molecule has 0 aromatic carbocycles. The predicted molar refractivity (Wildman–Crippen MR) is 0 cm³/mol. The van der Waals surface area contributed by atoms with Crippen LogP contribution in [0.25, 0.3) is 0 Å². The molecule has 19 valence electrons. The van der Waals surface area contributed by atoms with E-state index >= 15 is 0 Å². The van der Waals surface area contributed by atoms with Gasteiger partial charge in [0.05, 0.1) is 0 Å². The van der Waals surface area contributed by atoms with Crippen molar-refractivity contribution in [1.29, 1.82) is 0 Å². The van der Waals surface area contributed by atoms with Crippen LogP contribution in [0.5, 0.6) is 0 Å². The summed E-state index contributed by atoms with van der Waals surface area (Å²) in [5, 5.41) is 0. The van der Waals surface area contributed by atoms with Crippen LogP contribution < -0.4 is 0 Å². The molecule has 0 atom stereocenters. The van der Waals surface area contributed by atoms with Crippen molar-refractivity contribution in [1.82, 2.24) is 0 Å². The van der Waals surface area contributed by atoms with Crippen molar-refractivity contribution < 1.29 is 115 Å². The second-order valence-electron chi connectivity index (χ2n) is 0. The molecule has 0 rings (SSSR count). The molecule has 0 saturated heterocycles. The third-order valence-electron chi connectivity index (χ3n) is 0. The minimum Gasteiger partial charge on any atom is 0 e. The third-order valence-corrected chi connectivity index (χ3v) is 0. The minimum atomic E-state index is 0. The van der Waals surface area contributed by atoms with Crippen LogP contribution in [-0.2, 0) is 115 Å². The van der Waals surface area contributed by atoms with E-state index < -0.39 is 0 Å². The van der Waals surface area contributed by atoms with Gasteiger partial charge in [0.1, 0.15) is 0 Å². The van der Waals surface area contributed by atoms with Crippen molar-refractivity contribution in [2.24, 2.45) is 0 Å². The topological polar surface area (TPSA) is 0 Å². The maximum absolute atomic E-state index is 0. The van der Waals surface area contributed by atoms with Gasteiger partial charge in [-0.3, -0.25) is 0 Å². The van der Waals surface area contributed by atoms with E-state index in [9.17, 15) is 0 Å². The van der Waals surface area contributed by atoms with Gasteiger partial charge < -0.3 is 0 Å². The molecule has 0 heterocycles. The van der Waals surface area contributed by atoms with E-state index in [1.54, 1.807) is 0 Å². The standard InChI is InChI=1S/Ni.3Y. The summed E-state index contributed by atoms with van der Waals surface area (Å²) < 4.78 is 0. The molecule has 0 spiro atoms. The summed E-state index contributed by atoms with van der Waals surface area (Å²) >= 11 is 0. The molecule has 0 amide bonds. The van der Waals surface area contributed by atoms with Crippen LogP contribution in [-0.4, -0.2) is 0 Å². The molecule has 0 unspecified atom stereocenters. The Morgan fingerprint density at radius 1 is 0.500 bits per heavy atom. The maximum atomic E-state index is 0. The Hall–Kier alpha value is 3.81.